The van der Waals surface area contributed by atoms with Gasteiger partial charge in [-0.2, -0.15) is 0 Å². The minimum Gasteiger partial charge on any atom is -0.497 e. The Morgan fingerprint density at radius 2 is 1.81 bits per heavy atom. The molecule has 192 valence electrons. The summed E-state index contributed by atoms with van der Waals surface area (Å²) in [6.07, 6.45) is 1.35. The molecule has 1 unspecified atom stereocenters. The molecule has 0 saturated carbocycles. The van der Waals surface area contributed by atoms with Crippen LogP contribution in [0.2, 0.25) is 0 Å². The van der Waals surface area contributed by atoms with Gasteiger partial charge in [0.2, 0.25) is 5.91 Å². The van der Waals surface area contributed by atoms with E-state index in [1.165, 1.54) is 18.9 Å². The van der Waals surface area contributed by atoms with Gasteiger partial charge in [-0.15, -0.1) is 0 Å². The first-order chi connectivity index (χ1) is 17.4. The molecular weight excluding hydrogens is 482 g/mol. The van der Waals surface area contributed by atoms with Crippen LogP contribution < -0.4 is 4.74 Å². The summed E-state index contributed by atoms with van der Waals surface area (Å²) in [4.78, 5) is 46.6. The Kier molecular flexibility index (Phi) is 8.03. The van der Waals surface area contributed by atoms with Gasteiger partial charge in [0.15, 0.2) is 5.17 Å². The monoisotopic (exact) mass is 513 g/mol. The number of aliphatic imine (C=N–C) groups is 1. The fourth-order valence-corrected chi connectivity index (χ4v) is 5.70. The molecule has 1 fully saturated rings. The zero-order valence-corrected chi connectivity index (χ0v) is 21.8. The topological polar surface area (TPSA) is 97.7 Å². The molecule has 4 rings (SSSR count). The number of ether oxygens (including phenoxy) is 3. The largest absolute Gasteiger partial charge is 0.497 e. The fraction of sp³-hybridized carbons (Fsp3) is 0.462. The molecule has 0 spiro atoms. The zero-order valence-electron chi connectivity index (χ0n) is 21.0. The highest BCUT2D eigenvalue weighted by atomic mass is 32.2. The fourth-order valence-electron chi connectivity index (χ4n) is 4.73. The van der Waals surface area contributed by atoms with Crippen molar-refractivity contribution in [3.05, 3.63) is 52.2 Å². The SMILES string of the molecule is CCOC(=O)C1CCN(C(=O)CC2=CSC3=NC(C)=C(C(=O)OC)C(c4ccc(OC)cc4)N23)CC1. The molecule has 9 nitrogen and oxygen atoms in total. The van der Waals surface area contributed by atoms with Gasteiger partial charge in [0, 0.05) is 18.8 Å². The highest BCUT2D eigenvalue weighted by molar-refractivity contribution is 8.16. The van der Waals surface area contributed by atoms with Crippen molar-refractivity contribution in [2.75, 3.05) is 33.9 Å². The second-order valence-corrected chi connectivity index (χ2v) is 9.58. The van der Waals surface area contributed by atoms with Crippen LogP contribution in [0.4, 0.5) is 0 Å². The Hall–Kier alpha value is -3.27. The van der Waals surface area contributed by atoms with Crippen molar-refractivity contribution in [3.63, 3.8) is 0 Å². The number of thioether (sulfide) groups is 1. The summed E-state index contributed by atoms with van der Waals surface area (Å²) < 4.78 is 15.5. The first kappa shape index (κ1) is 25.8. The van der Waals surface area contributed by atoms with Crippen LogP contribution in [-0.2, 0) is 23.9 Å². The maximum absolute atomic E-state index is 13.3. The Balaban J connectivity index is 1.55. The summed E-state index contributed by atoms with van der Waals surface area (Å²) >= 11 is 1.43. The molecule has 0 aliphatic carbocycles. The number of nitrogens with zero attached hydrogens (tertiary/aromatic N) is 3. The second kappa shape index (κ2) is 11.2. The maximum Gasteiger partial charge on any atom is 0.338 e. The molecule has 36 heavy (non-hydrogen) atoms. The van der Waals surface area contributed by atoms with Gasteiger partial charge in [-0.1, -0.05) is 23.9 Å². The number of likely N-dealkylation sites (tertiary alicyclic amines) is 1. The number of carbonyl (C=O) groups excluding carboxylic acids is 3. The minimum atomic E-state index is -0.487. The van der Waals surface area contributed by atoms with Crippen molar-refractivity contribution >= 4 is 34.8 Å². The van der Waals surface area contributed by atoms with Crippen LogP contribution in [-0.4, -0.2) is 66.7 Å². The lowest BCUT2D eigenvalue weighted by Crippen LogP contribution is -2.42. The number of allylic oxidation sites excluding steroid dienone is 1. The Morgan fingerprint density at radius 1 is 1.11 bits per heavy atom. The molecule has 3 aliphatic rings. The Bertz CT molecular complexity index is 1120. The number of rotatable bonds is 7. The first-order valence-corrected chi connectivity index (χ1v) is 12.9. The van der Waals surface area contributed by atoms with Gasteiger partial charge < -0.3 is 24.0 Å². The van der Waals surface area contributed by atoms with E-state index in [2.05, 4.69) is 4.99 Å². The van der Waals surface area contributed by atoms with Crippen molar-refractivity contribution < 1.29 is 28.6 Å². The average Bonchev–Trinajstić information content (AvgIpc) is 3.29. The lowest BCUT2D eigenvalue weighted by molar-refractivity contribution is -0.151. The number of benzene rings is 1. The number of carbonyl (C=O) groups is 3. The molecule has 0 aromatic heterocycles. The predicted molar refractivity (Wildman–Crippen MR) is 136 cm³/mol. The number of fused-ring (bicyclic) bond motifs is 1. The molecule has 1 atom stereocenters. The lowest BCUT2D eigenvalue weighted by atomic mass is 9.93. The summed E-state index contributed by atoms with van der Waals surface area (Å²) in [5.74, 6) is -0.124. The Morgan fingerprint density at radius 3 is 2.42 bits per heavy atom. The minimum absolute atomic E-state index is 0.0233. The van der Waals surface area contributed by atoms with Crippen LogP contribution in [0.3, 0.4) is 0 Å². The van der Waals surface area contributed by atoms with Crippen LogP contribution in [0.1, 0.15) is 44.7 Å². The van der Waals surface area contributed by atoms with E-state index in [4.69, 9.17) is 14.2 Å². The number of piperidine rings is 1. The number of amides is 1. The second-order valence-electron chi connectivity index (χ2n) is 8.74. The highest BCUT2D eigenvalue weighted by Crippen LogP contribution is 2.45. The molecule has 0 bridgehead atoms. The molecule has 3 heterocycles. The van der Waals surface area contributed by atoms with E-state index >= 15 is 0 Å². The molecule has 3 aliphatic heterocycles. The third-order valence-corrected chi connectivity index (χ3v) is 7.53. The van der Waals surface area contributed by atoms with Crippen molar-refractivity contribution in [2.45, 2.75) is 39.2 Å². The maximum atomic E-state index is 13.3. The zero-order chi connectivity index (χ0) is 25.8. The van der Waals surface area contributed by atoms with E-state index < -0.39 is 12.0 Å². The third kappa shape index (κ3) is 5.13. The van der Waals surface area contributed by atoms with Gasteiger partial charge >= 0.3 is 11.9 Å². The predicted octanol–water partition coefficient (Wildman–Crippen LogP) is 3.63. The van der Waals surface area contributed by atoms with E-state index in [9.17, 15) is 14.4 Å². The van der Waals surface area contributed by atoms with Crippen LogP contribution >= 0.6 is 11.8 Å². The number of methoxy groups -OCH3 is 2. The van der Waals surface area contributed by atoms with Crippen LogP contribution in [0, 0.1) is 5.92 Å². The van der Waals surface area contributed by atoms with E-state index in [1.807, 2.05) is 34.6 Å². The molecule has 1 aromatic carbocycles. The van der Waals surface area contributed by atoms with Gasteiger partial charge in [0.1, 0.15) is 5.75 Å². The molecule has 1 saturated heterocycles. The van der Waals surface area contributed by atoms with E-state index in [-0.39, 0.29) is 24.2 Å². The molecule has 0 radical (unpaired) electrons. The van der Waals surface area contributed by atoms with Gasteiger partial charge in [0.05, 0.1) is 50.5 Å². The van der Waals surface area contributed by atoms with E-state index in [0.717, 1.165) is 11.3 Å². The normalized spacial score (nSPS) is 19.9. The lowest BCUT2D eigenvalue weighted by Gasteiger charge is -2.37. The van der Waals surface area contributed by atoms with Crippen molar-refractivity contribution in [3.8, 4) is 5.75 Å². The van der Waals surface area contributed by atoms with Crippen molar-refractivity contribution in [1.29, 1.82) is 0 Å². The molecule has 1 aromatic rings. The average molecular weight is 514 g/mol. The standard InChI is InChI=1S/C26H31N3O6S/c1-5-35-24(31)18-10-12-28(13-11-18)21(30)14-19-15-36-26-27-16(2)22(25(32)34-4)23(29(19)26)17-6-8-20(33-3)9-7-17/h6-9,15,18,23H,5,10-14H2,1-4H3. The summed E-state index contributed by atoms with van der Waals surface area (Å²) in [7, 11) is 2.95. The smallest absolute Gasteiger partial charge is 0.338 e. The van der Waals surface area contributed by atoms with Gasteiger partial charge in [-0.3, -0.25) is 9.59 Å². The highest BCUT2D eigenvalue weighted by Gasteiger charge is 2.41. The molecule has 0 N–H and O–H groups in total. The summed E-state index contributed by atoms with van der Waals surface area (Å²) in [6, 6.07) is 7.02. The molecule has 1 amide bonds. The number of hydrogen-bond donors (Lipinski definition) is 0. The number of esters is 2. The van der Waals surface area contributed by atoms with Crippen molar-refractivity contribution in [2.24, 2.45) is 10.9 Å². The van der Waals surface area contributed by atoms with Crippen molar-refractivity contribution in [1.82, 2.24) is 9.80 Å². The summed E-state index contributed by atoms with van der Waals surface area (Å²) in [6.45, 7) is 4.98. The van der Waals surface area contributed by atoms with Crippen LogP contribution in [0.15, 0.2) is 51.6 Å². The van der Waals surface area contributed by atoms with Gasteiger partial charge in [-0.25, -0.2) is 9.79 Å². The first-order valence-electron chi connectivity index (χ1n) is 12.0. The van der Waals surface area contributed by atoms with Gasteiger partial charge in [-0.05, 0) is 49.8 Å². The van der Waals surface area contributed by atoms with Crippen LogP contribution in [0.5, 0.6) is 5.75 Å². The van der Waals surface area contributed by atoms with Crippen LogP contribution in [0.25, 0.3) is 0 Å². The number of amidine groups is 1. The number of hydrogen-bond acceptors (Lipinski definition) is 9. The summed E-state index contributed by atoms with van der Waals surface area (Å²) in [5.41, 5.74) is 2.65. The molecular formula is C26H31N3O6S. The molecule has 10 heteroatoms. The Labute approximate surface area is 215 Å². The van der Waals surface area contributed by atoms with E-state index in [1.54, 1.807) is 25.9 Å². The van der Waals surface area contributed by atoms with Gasteiger partial charge in [0.25, 0.3) is 0 Å². The summed E-state index contributed by atoms with van der Waals surface area (Å²) in [5, 5.41) is 2.64. The van der Waals surface area contributed by atoms with E-state index in [0.29, 0.717) is 54.7 Å². The quantitative estimate of drug-likeness (QED) is 0.510. The third-order valence-electron chi connectivity index (χ3n) is 6.64.